The number of nitrogens with zero attached hydrogens (tertiary/aromatic N) is 1. The van der Waals surface area contributed by atoms with Gasteiger partial charge in [-0.05, 0) is 49.9 Å². The Kier molecular flexibility index (Phi) is 4.96. The van der Waals surface area contributed by atoms with Crippen molar-refractivity contribution in [2.75, 3.05) is 6.54 Å². The molecule has 23 heavy (non-hydrogen) atoms. The van der Waals surface area contributed by atoms with Crippen molar-refractivity contribution in [1.82, 2.24) is 4.90 Å². The van der Waals surface area contributed by atoms with Gasteiger partial charge in [0.1, 0.15) is 12.4 Å². The lowest BCUT2D eigenvalue weighted by Gasteiger charge is -2.33. The predicted octanol–water partition coefficient (Wildman–Crippen LogP) is 4.28. The molecule has 120 valence electrons. The monoisotopic (exact) mass is 309 g/mol. The van der Waals surface area contributed by atoms with Crippen LogP contribution in [0.2, 0.25) is 0 Å². The second kappa shape index (κ2) is 7.32. The molecule has 0 spiro atoms. The van der Waals surface area contributed by atoms with Crippen LogP contribution in [0, 0.1) is 0 Å². The van der Waals surface area contributed by atoms with Crippen molar-refractivity contribution in [3.63, 3.8) is 0 Å². The third-order valence-electron chi connectivity index (χ3n) is 4.39. The van der Waals surface area contributed by atoms with Crippen LogP contribution in [-0.4, -0.2) is 23.4 Å². The maximum atomic E-state index is 12.7. The van der Waals surface area contributed by atoms with Crippen molar-refractivity contribution < 1.29 is 9.53 Å². The van der Waals surface area contributed by atoms with Crippen LogP contribution in [0.4, 0.5) is 0 Å². The highest BCUT2D eigenvalue weighted by Gasteiger charge is 2.24. The molecule has 0 radical (unpaired) electrons. The molecule has 3 rings (SSSR count). The molecular formula is C20H23NO2. The van der Waals surface area contributed by atoms with Crippen LogP contribution in [0.5, 0.6) is 5.75 Å². The van der Waals surface area contributed by atoms with Gasteiger partial charge in [-0.3, -0.25) is 4.79 Å². The lowest BCUT2D eigenvalue weighted by Crippen LogP contribution is -2.42. The Morgan fingerprint density at radius 1 is 1.13 bits per heavy atom. The van der Waals surface area contributed by atoms with Crippen molar-refractivity contribution in [2.24, 2.45) is 0 Å². The van der Waals surface area contributed by atoms with Gasteiger partial charge in [-0.2, -0.15) is 0 Å². The summed E-state index contributed by atoms with van der Waals surface area (Å²) in [5, 5.41) is 0. The van der Waals surface area contributed by atoms with Crippen molar-refractivity contribution >= 4 is 5.91 Å². The Morgan fingerprint density at radius 3 is 2.74 bits per heavy atom. The third-order valence-corrected chi connectivity index (χ3v) is 4.39. The average Bonchev–Trinajstić information content (AvgIpc) is 2.61. The van der Waals surface area contributed by atoms with E-state index < -0.39 is 0 Å². The summed E-state index contributed by atoms with van der Waals surface area (Å²) in [7, 11) is 0. The topological polar surface area (TPSA) is 29.5 Å². The van der Waals surface area contributed by atoms with E-state index in [0.717, 1.165) is 30.7 Å². The zero-order valence-corrected chi connectivity index (χ0v) is 13.6. The molecule has 3 nitrogen and oxygen atoms in total. The molecule has 1 saturated heterocycles. The van der Waals surface area contributed by atoms with Gasteiger partial charge in [0.2, 0.25) is 0 Å². The zero-order valence-electron chi connectivity index (χ0n) is 13.6. The number of amides is 1. The third kappa shape index (κ3) is 3.92. The first-order valence-electron chi connectivity index (χ1n) is 8.32. The molecule has 1 aliphatic heterocycles. The SMILES string of the molecule is C[C@H]1CCCCN1C(=O)c1cccc(OCc2ccccc2)c1. The first-order chi connectivity index (χ1) is 11.2. The van der Waals surface area contributed by atoms with Gasteiger partial charge in [0.15, 0.2) is 0 Å². The van der Waals surface area contributed by atoms with Crippen LogP contribution in [0.3, 0.4) is 0 Å². The summed E-state index contributed by atoms with van der Waals surface area (Å²) in [6.45, 7) is 3.50. The molecule has 1 atom stereocenters. The Labute approximate surface area is 137 Å². The molecule has 0 N–H and O–H groups in total. The summed E-state index contributed by atoms with van der Waals surface area (Å²) in [5.41, 5.74) is 1.83. The fourth-order valence-electron chi connectivity index (χ4n) is 3.03. The Morgan fingerprint density at radius 2 is 1.96 bits per heavy atom. The smallest absolute Gasteiger partial charge is 0.254 e. The van der Waals surface area contributed by atoms with Crippen LogP contribution in [0.25, 0.3) is 0 Å². The molecule has 0 aromatic heterocycles. The molecule has 0 aliphatic carbocycles. The largest absolute Gasteiger partial charge is 0.489 e. The molecule has 1 fully saturated rings. The average molecular weight is 309 g/mol. The highest BCUT2D eigenvalue weighted by molar-refractivity contribution is 5.94. The number of likely N-dealkylation sites (tertiary alicyclic amines) is 1. The van der Waals surface area contributed by atoms with E-state index in [4.69, 9.17) is 4.74 Å². The molecule has 2 aromatic carbocycles. The lowest BCUT2D eigenvalue weighted by molar-refractivity contribution is 0.0635. The van der Waals surface area contributed by atoms with E-state index >= 15 is 0 Å². The number of rotatable bonds is 4. The fourth-order valence-corrected chi connectivity index (χ4v) is 3.03. The predicted molar refractivity (Wildman–Crippen MR) is 91.6 cm³/mol. The van der Waals surface area contributed by atoms with Crippen LogP contribution in [0.15, 0.2) is 54.6 Å². The first-order valence-corrected chi connectivity index (χ1v) is 8.32. The van der Waals surface area contributed by atoms with Gasteiger partial charge in [0, 0.05) is 18.2 Å². The number of carbonyl (C=O) groups is 1. The second-order valence-electron chi connectivity index (χ2n) is 6.15. The van der Waals surface area contributed by atoms with Crippen molar-refractivity contribution in [2.45, 2.75) is 38.8 Å². The minimum atomic E-state index is 0.113. The molecular weight excluding hydrogens is 286 g/mol. The molecule has 0 saturated carbocycles. The minimum absolute atomic E-state index is 0.113. The number of carbonyl (C=O) groups excluding carboxylic acids is 1. The van der Waals surface area contributed by atoms with Gasteiger partial charge in [0.05, 0.1) is 0 Å². The van der Waals surface area contributed by atoms with Gasteiger partial charge in [-0.1, -0.05) is 36.4 Å². The van der Waals surface area contributed by atoms with Gasteiger partial charge in [0.25, 0.3) is 5.91 Å². The van der Waals surface area contributed by atoms with Gasteiger partial charge in [-0.15, -0.1) is 0 Å². The highest BCUT2D eigenvalue weighted by atomic mass is 16.5. The summed E-state index contributed by atoms with van der Waals surface area (Å²) < 4.78 is 5.83. The van der Waals surface area contributed by atoms with Crippen LogP contribution >= 0.6 is 0 Å². The number of benzene rings is 2. The lowest BCUT2D eigenvalue weighted by atomic mass is 10.0. The van der Waals surface area contributed by atoms with E-state index in [-0.39, 0.29) is 5.91 Å². The number of hydrogen-bond acceptors (Lipinski definition) is 2. The molecule has 1 amide bonds. The number of ether oxygens (including phenoxy) is 1. The number of piperidine rings is 1. The van der Waals surface area contributed by atoms with Crippen LogP contribution in [0.1, 0.15) is 42.1 Å². The molecule has 0 bridgehead atoms. The molecule has 3 heteroatoms. The maximum absolute atomic E-state index is 12.7. The summed E-state index contributed by atoms with van der Waals surface area (Å²) in [5.74, 6) is 0.853. The van der Waals surface area contributed by atoms with E-state index in [1.807, 2.05) is 59.5 Å². The number of hydrogen-bond donors (Lipinski definition) is 0. The minimum Gasteiger partial charge on any atom is -0.489 e. The molecule has 1 aliphatic rings. The summed E-state index contributed by atoms with van der Waals surface area (Å²) in [6.07, 6.45) is 3.40. The Bertz CT molecular complexity index is 654. The molecule has 1 heterocycles. The van der Waals surface area contributed by atoms with Crippen molar-refractivity contribution in [1.29, 1.82) is 0 Å². The van der Waals surface area contributed by atoms with Crippen molar-refractivity contribution in [3.05, 3.63) is 65.7 Å². The van der Waals surface area contributed by atoms with E-state index in [0.29, 0.717) is 18.2 Å². The molecule has 0 unspecified atom stereocenters. The highest BCUT2D eigenvalue weighted by Crippen LogP contribution is 2.21. The van der Waals surface area contributed by atoms with E-state index in [1.165, 1.54) is 6.42 Å². The summed E-state index contributed by atoms with van der Waals surface area (Å²) >= 11 is 0. The second-order valence-corrected chi connectivity index (χ2v) is 6.15. The molecule has 2 aromatic rings. The first kappa shape index (κ1) is 15.6. The van der Waals surface area contributed by atoms with Crippen LogP contribution in [-0.2, 0) is 6.61 Å². The standard InChI is InChI=1S/C20H23NO2/c1-16-8-5-6-13-21(16)20(22)18-11-7-12-19(14-18)23-15-17-9-3-2-4-10-17/h2-4,7,9-12,14,16H,5-6,8,13,15H2,1H3/t16-/m0/s1. The zero-order chi connectivity index (χ0) is 16.1. The summed E-state index contributed by atoms with van der Waals surface area (Å²) in [4.78, 5) is 14.7. The van der Waals surface area contributed by atoms with E-state index in [2.05, 4.69) is 6.92 Å². The van der Waals surface area contributed by atoms with E-state index in [1.54, 1.807) is 0 Å². The van der Waals surface area contributed by atoms with E-state index in [9.17, 15) is 4.79 Å². The Hall–Kier alpha value is -2.29. The normalized spacial score (nSPS) is 17.8. The van der Waals surface area contributed by atoms with Gasteiger partial charge >= 0.3 is 0 Å². The Balaban J connectivity index is 1.68. The fraction of sp³-hybridized carbons (Fsp3) is 0.350. The van der Waals surface area contributed by atoms with Crippen molar-refractivity contribution in [3.8, 4) is 5.75 Å². The van der Waals surface area contributed by atoms with Gasteiger partial charge in [-0.25, -0.2) is 0 Å². The summed E-state index contributed by atoms with van der Waals surface area (Å²) in [6, 6.07) is 17.9. The maximum Gasteiger partial charge on any atom is 0.254 e. The van der Waals surface area contributed by atoms with Gasteiger partial charge < -0.3 is 9.64 Å². The quantitative estimate of drug-likeness (QED) is 0.843. The van der Waals surface area contributed by atoms with Crippen LogP contribution < -0.4 is 4.74 Å².